The number of imide groups is 1. The summed E-state index contributed by atoms with van der Waals surface area (Å²) in [7, 11) is 0. The van der Waals surface area contributed by atoms with Crippen molar-refractivity contribution in [3.8, 4) is 0 Å². The van der Waals surface area contributed by atoms with E-state index < -0.39 is 0 Å². The Labute approximate surface area is 127 Å². The number of rotatable bonds is 10. The number of carbonyl (C=O) groups excluding carboxylic acids is 2. The monoisotopic (exact) mass is 298 g/mol. The van der Waals surface area contributed by atoms with Crippen LogP contribution in [0.1, 0.15) is 58.8 Å². The van der Waals surface area contributed by atoms with Crippen molar-refractivity contribution in [1.29, 1.82) is 0 Å². The molecule has 1 N–H and O–H groups in total. The minimum absolute atomic E-state index is 0.229. The first kappa shape index (κ1) is 17.1. The fraction of sp³-hybridized carbons (Fsp3) is 0.733. The lowest BCUT2D eigenvalue weighted by atomic mass is 10.1. The molecule has 0 unspecified atom stereocenters. The number of unbranched alkanes of at least 4 members (excludes halogenated alkanes) is 6. The van der Waals surface area contributed by atoms with Gasteiger partial charge < -0.3 is 5.32 Å². The van der Waals surface area contributed by atoms with E-state index in [0.29, 0.717) is 18.8 Å². The average molecular weight is 298 g/mol. The van der Waals surface area contributed by atoms with Gasteiger partial charge in [0, 0.05) is 13.1 Å². The molecular formula is C15H26N2O2S. The zero-order valence-corrected chi connectivity index (χ0v) is 13.5. The molecule has 0 aromatic rings. The maximum Gasteiger partial charge on any atom is 0.278 e. The Morgan fingerprint density at radius 1 is 0.950 bits per heavy atom. The zero-order valence-electron chi connectivity index (χ0n) is 12.6. The molecular weight excluding hydrogens is 272 g/mol. The Kier molecular flexibility index (Phi) is 7.73. The Morgan fingerprint density at radius 3 is 2.15 bits per heavy atom. The molecule has 0 fully saturated rings. The van der Waals surface area contributed by atoms with Crippen LogP contribution in [0, 0.1) is 0 Å². The van der Waals surface area contributed by atoms with E-state index in [1.165, 1.54) is 37.0 Å². The molecule has 20 heavy (non-hydrogen) atoms. The lowest BCUT2D eigenvalue weighted by molar-refractivity contribution is -0.137. The number of likely N-dealkylation sites (N-methyl/N-ethyl adjacent to an activating group) is 1. The van der Waals surface area contributed by atoms with Crippen LogP contribution in [-0.4, -0.2) is 29.8 Å². The minimum Gasteiger partial charge on any atom is -0.380 e. The Morgan fingerprint density at radius 2 is 1.55 bits per heavy atom. The smallest absolute Gasteiger partial charge is 0.278 e. The van der Waals surface area contributed by atoms with Gasteiger partial charge in [-0.25, -0.2) is 0 Å². The lowest BCUT2D eigenvalue weighted by Gasteiger charge is -2.14. The molecule has 0 aromatic carbocycles. The maximum atomic E-state index is 12.1. The summed E-state index contributed by atoms with van der Waals surface area (Å²) in [5.74, 6) is -0.493. The number of nitrogens with zero attached hydrogens (tertiary/aromatic N) is 1. The molecule has 1 aliphatic heterocycles. The van der Waals surface area contributed by atoms with Crippen molar-refractivity contribution < 1.29 is 9.59 Å². The predicted molar refractivity (Wildman–Crippen MR) is 84.4 cm³/mol. The molecule has 4 nitrogen and oxygen atoms in total. The van der Waals surface area contributed by atoms with E-state index in [9.17, 15) is 9.59 Å². The van der Waals surface area contributed by atoms with Crippen molar-refractivity contribution in [3.05, 3.63) is 10.6 Å². The highest BCUT2D eigenvalue weighted by Gasteiger charge is 2.35. The second kappa shape index (κ2) is 9.06. The normalized spacial score (nSPS) is 15.4. The van der Waals surface area contributed by atoms with Gasteiger partial charge in [-0.1, -0.05) is 45.4 Å². The summed E-state index contributed by atoms with van der Waals surface area (Å²) in [6.07, 6.45) is 8.20. The van der Waals surface area contributed by atoms with Crippen LogP contribution in [-0.2, 0) is 9.59 Å². The van der Waals surface area contributed by atoms with E-state index in [1.54, 1.807) is 0 Å². The van der Waals surface area contributed by atoms with E-state index >= 15 is 0 Å². The second-order valence-electron chi connectivity index (χ2n) is 5.14. The van der Waals surface area contributed by atoms with Crippen molar-refractivity contribution in [3.63, 3.8) is 0 Å². The van der Waals surface area contributed by atoms with Gasteiger partial charge in [-0.2, -0.15) is 0 Å². The number of nitrogens with one attached hydrogen (secondary N) is 1. The second-order valence-corrected chi connectivity index (χ2v) is 5.58. The van der Waals surface area contributed by atoms with Gasteiger partial charge in [-0.05, 0) is 13.3 Å². The van der Waals surface area contributed by atoms with Crippen LogP contribution in [0.5, 0.6) is 0 Å². The summed E-state index contributed by atoms with van der Waals surface area (Å²) >= 11 is 4.14. The fourth-order valence-electron chi connectivity index (χ4n) is 2.33. The van der Waals surface area contributed by atoms with E-state index in [0.717, 1.165) is 12.8 Å². The van der Waals surface area contributed by atoms with Gasteiger partial charge >= 0.3 is 0 Å². The van der Waals surface area contributed by atoms with Crippen LogP contribution in [0.3, 0.4) is 0 Å². The molecule has 0 aromatic heterocycles. The molecule has 0 spiro atoms. The molecule has 0 saturated heterocycles. The third kappa shape index (κ3) is 4.54. The van der Waals surface area contributed by atoms with Gasteiger partial charge in [0.2, 0.25) is 0 Å². The summed E-state index contributed by atoms with van der Waals surface area (Å²) in [6, 6.07) is 0. The van der Waals surface area contributed by atoms with Crippen molar-refractivity contribution in [2.24, 2.45) is 0 Å². The number of hydrogen-bond acceptors (Lipinski definition) is 4. The molecule has 2 amide bonds. The summed E-state index contributed by atoms with van der Waals surface area (Å²) in [5.41, 5.74) is 0.351. The molecule has 5 heteroatoms. The zero-order chi connectivity index (χ0) is 15.0. The standard InChI is InChI=1S/C15H26N2O2S/c1-3-5-6-7-8-9-10-11-17-14(18)12(16-4-2)13(20)15(17)19/h16,20H,3-11H2,1-2H3. The van der Waals surface area contributed by atoms with Crippen molar-refractivity contribution >= 4 is 24.4 Å². The number of thiol groups is 1. The van der Waals surface area contributed by atoms with Crippen LogP contribution in [0.25, 0.3) is 0 Å². The molecule has 1 heterocycles. The van der Waals surface area contributed by atoms with Crippen LogP contribution in [0.2, 0.25) is 0 Å². The molecule has 1 aliphatic rings. The summed E-state index contributed by atoms with van der Waals surface area (Å²) in [5, 5.41) is 2.92. The highest BCUT2D eigenvalue weighted by molar-refractivity contribution is 7.85. The number of carbonyl (C=O) groups is 2. The van der Waals surface area contributed by atoms with Crippen LogP contribution < -0.4 is 5.32 Å². The summed E-state index contributed by atoms with van der Waals surface area (Å²) in [4.78, 5) is 25.6. The molecule has 0 radical (unpaired) electrons. The van der Waals surface area contributed by atoms with Gasteiger partial charge in [-0.3, -0.25) is 14.5 Å². The first-order valence-electron chi connectivity index (χ1n) is 7.66. The van der Waals surface area contributed by atoms with Crippen molar-refractivity contribution in [2.75, 3.05) is 13.1 Å². The van der Waals surface area contributed by atoms with Gasteiger partial charge in [0.25, 0.3) is 11.8 Å². The molecule has 0 atom stereocenters. The Hall–Kier alpha value is -0.970. The van der Waals surface area contributed by atoms with Crippen molar-refractivity contribution in [2.45, 2.75) is 58.8 Å². The largest absolute Gasteiger partial charge is 0.380 e. The first-order valence-corrected chi connectivity index (χ1v) is 8.11. The number of hydrogen-bond donors (Lipinski definition) is 2. The van der Waals surface area contributed by atoms with E-state index in [-0.39, 0.29) is 16.7 Å². The van der Waals surface area contributed by atoms with Crippen LogP contribution in [0.4, 0.5) is 0 Å². The first-order chi connectivity index (χ1) is 9.63. The third-order valence-corrected chi connectivity index (χ3v) is 3.90. The minimum atomic E-state index is -0.264. The SMILES string of the molecule is CCCCCCCCCN1C(=O)C(S)=C(NCC)C1=O. The van der Waals surface area contributed by atoms with Gasteiger partial charge in [0.05, 0.1) is 4.91 Å². The average Bonchev–Trinajstić information content (AvgIpc) is 2.63. The summed E-state index contributed by atoms with van der Waals surface area (Å²) < 4.78 is 0. The van der Waals surface area contributed by atoms with E-state index in [1.807, 2.05) is 6.92 Å². The fourth-order valence-corrected chi connectivity index (χ4v) is 2.62. The topological polar surface area (TPSA) is 49.4 Å². The Balaban J connectivity index is 2.29. The molecule has 0 aliphatic carbocycles. The predicted octanol–water partition coefficient (Wildman–Crippen LogP) is 2.86. The maximum absolute atomic E-state index is 12.1. The molecule has 1 rings (SSSR count). The van der Waals surface area contributed by atoms with Gasteiger partial charge in [0.15, 0.2) is 0 Å². The van der Waals surface area contributed by atoms with Gasteiger partial charge in [0.1, 0.15) is 5.70 Å². The molecule has 0 saturated carbocycles. The van der Waals surface area contributed by atoms with Crippen LogP contribution >= 0.6 is 12.6 Å². The van der Waals surface area contributed by atoms with Crippen LogP contribution in [0.15, 0.2) is 10.6 Å². The lowest BCUT2D eigenvalue weighted by Crippen LogP contribution is -2.34. The van der Waals surface area contributed by atoms with E-state index in [2.05, 4.69) is 24.9 Å². The Bertz CT molecular complexity index is 380. The van der Waals surface area contributed by atoms with Gasteiger partial charge in [-0.15, -0.1) is 12.6 Å². The quantitative estimate of drug-likeness (QED) is 0.370. The third-order valence-electron chi connectivity index (χ3n) is 3.48. The summed E-state index contributed by atoms with van der Waals surface area (Å²) in [6.45, 7) is 5.22. The molecule has 0 bridgehead atoms. The number of amides is 2. The van der Waals surface area contributed by atoms with E-state index in [4.69, 9.17) is 0 Å². The molecule has 114 valence electrons. The highest BCUT2D eigenvalue weighted by Crippen LogP contribution is 2.22. The highest BCUT2D eigenvalue weighted by atomic mass is 32.1. The van der Waals surface area contributed by atoms with Crippen molar-refractivity contribution in [1.82, 2.24) is 10.2 Å².